The Morgan fingerprint density at radius 1 is 1.03 bits per heavy atom. The van der Waals surface area contributed by atoms with Crippen LogP contribution in [0.15, 0.2) is 95.9 Å². The number of hydrogen-bond donors (Lipinski definition) is 1. The fourth-order valence-electron chi connectivity index (χ4n) is 4.22. The first-order chi connectivity index (χ1) is 17.6. The Hall–Kier alpha value is -3.71. The molecule has 186 valence electrons. The molecule has 3 aromatic rings. The summed E-state index contributed by atoms with van der Waals surface area (Å²) in [5.74, 6) is 0.400. The van der Waals surface area contributed by atoms with Crippen LogP contribution in [0.4, 0.5) is 10.5 Å². The van der Waals surface area contributed by atoms with E-state index in [9.17, 15) is 9.59 Å². The normalized spacial score (nSPS) is 15.6. The van der Waals surface area contributed by atoms with Crippen molar-refractivity contribution in [2.45, 2.75) is 36.4 Å². The summed E-state index contributed by atoms with van der Waals surface area (Å²) in [6.45, 7) is 0.105. The van der Waals surface area contributed by atoms with E-state index in [1.165, 1.54) is 16.5 Å². The second kappa shape index (κ2) is 12.3. The SMILES string of the molecule is COc1ccc(N[C@@H](CCc2ccccc2)[C@H]2C=CC(=O)N2C(=O)OCc2ccccc2)c(SC)c1. The minimum absolute atomic E-state index is 0.105. The predicted molar refractivity (Wildman–Crippen MR) is 143 cm³/mol. The molecule has 0 aliphatic carbocycles. The van der Waals surface area contributed by atoms with Crippen LogP contribution in [0.5, 0.6) is 5.75 Å². The summed E-state index contributed by atoms with van der Waals surface area (Å²) in [6.07, 6.45) is 6.09. The zero-order valence-electron chi connectivity index (χ0n) is 20.4. The summed E-state index contributed by atoms with van der Waals surface area (Å²) in [4.78, 5) is 28.1. The number of imide groups is 1. The molecule has 0 radical (unpaired) electrons. The lowest BCUT2D eigenvalue weighted by atomic mass is 9.98. The zero-order chi connectivity index (χ0) is 25.3. The molecule has 6 nitrogen and oxygen atoms in total. The minimum atomic E-state index is -0.648. The highest BCUT2D eigenvalue weighted by molar-refractivity contribution is 7.98. The first-order valence-corrected chi connectivity index (χ1v) is 13.1. The Balaban J connectivity index is 1.56. The summed E-state index contributed by atoms with van der Waals surface area (Å²) in [5, 5.41) is 3.61. The molecule has 0 bridgehead atoms. The predicted octanol–water partition coefficient (Wildman–Crippen LogP) is 5.93. The molecule has 0 spiro atoms. The molecule has 2 atom stereocenters. The highest BCUT2D eigenvalue weighted by Crippen LogP contribution is 2.32. The molecule has 4 rings (SSSR count). The van der Waals surface area contributed by atoms with Crippen LogP contribution in [0.2, 0.25) is 0 Å². The van der Waals surface area contributed by atoms with Crippen molar-refractivity contribution >= 4 is 29.4 Å². The monoisotopic (exact) mass is 502 g/mol. The van der Waals surface area contributed by atoms with Gasteiger partial charge < -0.3 is 14.8 Å². The number of hydrogen-bond acceptors (Lipinski definition) is 6. The minimum Gasteiger partial charge on any atom is -0.497 e. The van der Waals surface area contributed by atoms with E-state index < -0.39 is 12.1 Å². The average molecular weight is 503 g/mol. The number of carbonyl (C=O) groups is 2. The largest absolute Gasteiger partial charge is 0.497 e. The van der Waals surface area contributed by atoms with Crippen LogP contribution < -0.4 is 10.1 Å². The van der Waals surface area contributed by atoms with Gasteiger partial charge in [-0.05, 0) is 48.4 Å². The van der Waals surface area contributed by atoms with E-state index in [1.807, 2.05) is 73.0 Å². The first-order valence-electron chi connectivity index (χ1n) is 11.8. The second-order valence-electron chi connectivity index (χ2n) is 8.44. The van der Waals surface area contributed by atoms with Crippen LogP contribution in [0.25, 0.3) is 0 Å². The van der Waals surface area contributed by atoms with Crippen molar-refractivity contribution in [3.05, 3.63) is 102 Å². The number of anilines is 1. The molecular formula is C29H30N2O4S. The Morgan fingerprint density at radius 3 is 2.39 bits per heavy atom. The molecule has 1 aliphatic rings. The topological polar surface area (TPSA) is 67.9 Å². The zero-order valence-corrected chi connectivity index (χ0v) is 21.2. The molecule has 1 N–H and O–H groups in total. The third-order valence-electron chi connectivity index (χ3n) is 6.12. The van der Waals surface area contributed by atoms with Crippen molar-refractivity contribution in [2.75, 3.05) is 18.7 Å². The van der Waals surface area contributed by atoms with E-state index in [1.54, 1.807) is 24.9 Å². The van der Waals surface area contributed by atoms with Crippen molar-refractivity contribution in [3.63, 3.8) is 0 Å². The average Bonchev–Trinajstić information content (AvgIpc) is 3.32. The highest BCUT2D eigenvalue weighted by atomic mass is 32.2. The van der Waals surface area contributed by atoms with Crippen molar-refractivity contribution in [1.29, 1.82) is 0 Å². The molecular weight excluding hydrogens is 472 g/mol. The number of thioether (sulfide) groups is 1. The van der Waals surface area contributed by atoms with Gasteiger partial charge in [0.05, 0.1) is 19.2 Å². The Morgan fingerprint density at radius 2 is 1.72 bits per heavy atom. The second-order valence-corrected chi connectivity index (χ2v) is 9.29. The summed E-state index contributed by atoms with van der Waals surface area (Å²) in [6, 6.07) is 24.8. The summed E-state index contributed by atoms with van der Waals surface area (Å²) < 4.78 is 10.9. The maximum Gasteiger partial charge on any atom is 0.417 e. The van der Waals surface area contributed by atoms with Crippen LogP contribution in [-0.2, 0) is 22.6 Å². The van der Waals surface area contributed by atoms with Gasteiger partial charge in [-0.2, -0.15) is 0 Å². The van der Waals surface area contributed by atoms with Gasteiger partial charge in [-0.15, -0.1) is 11.8 Å². The van der Waals surface area contributed by atoms with E-state index >= 15 is 0 Å². The van der Waals surface area contributed by atoms with Crippen LogP contribution in [0, 0.1) is 0 Å². The van der Waals surface area contributed by atoms with Crippen LogP contribution in [-0.4, -0.2) is 42.3 Å². The molecule has 0 saturated heterocycles. The van der Waals surface area contributed by atoms with Crippen LogP contribution in [0.3, 0.4) is 0 Å². The molecule has 1 heterocycles. The van der Waals surface area contributed by atoms with Crippen molar-refractivity contribution < 1.29 is 19.1 Å². The van der Waals surface area contributed by atoms with Crippen molar-refractivity contribution in [2.24, 2.45) is 0 Å². The third kappa shape index (κ3) is 6.29. The third-order valence-corrected chi connectivity index (χ3v) is 6.90. The molecule has 3 aromatic carbocycles. The summed E-state index contributed by atoms with van der Waals surface area (Å²) in [5.41, 5.74) is 2.98. The Kier molecular flexibility index (Phi) is 8.68. The van der Waals surface area contributed by atoms with Gasteiger partial charge in [-0.25, -0.2) is 9.69 Å². The Labute approximate surface area is 216 Å². The van der Waals surface area contributed by atoms with Gasteiger partial charge in [-0.1, -0.05) is 66.7 Å². The van der Waals surface area contributed by atoms with Gasteiger partial charge in [-0.3, -0.25) is 4.79 Å². The smallest absolute Gasteiger partial charge is 0.417 e. The number of nitrogens with zero attached hydrogens (tertiary/aromatic N) is 1. The maximum absolute atomic E-state index is 13.1. The number of amides is 2. The van der Waals surface area contributed by atoms with Gasteiger partial charge in [0.25, 0.3) is 5.91 Å². The standard InChI is InChI=1S/C29H30N2O4S/c1-34-23-14-16-25(27(19-23)36-2)30-24(15-13-21-9-5-3-6-10-21)26-17-18-28(32)31(26)29(33)35-20-22-11-7-4-8-12-22/h3-12,14,16-19,24,26,30H,13,15,20H2,1-2H3/t24-,26+/m0/s1. The van der Waals surface area contributed by atoms with Crippen LogP contribution in [0.1, 0.15) is 17.5 Å². The lowest BCUT2D eigenvalue weighted by molar-refractivity contribution is -0.124. The van der Waals surface area contributed by atoms with E-state index in [0.717, 1.165) is 28.3 Å². The van der Waals surface area contributed by atoms with E-state index in [2.05, 4.69) is 17.4 Å². The summed E-state index contributed by atoms with van der Waals surface area (Å²) >= 11 is 1.60. The fourth-order valence-corrected chi connectivity index (χ4v) is 4.80. The van der Waals surface area contributed by atoms with Gasteiger partial charge in [0.1, 0.15) is 12.4 Å². The number of carbonyl (C=O) groups excluding carboxylic acids is 2. The van der Waals surface area contributed by atoms with E-state index in [0.29, 0.717) is 6.42 Å². The van der Waals surface area contributed by atoms with Gasteiger partial charge in [0.15, 0.2) is 0 Å². The Bertz CT molecular complexity index is 1200. The molecule has 0 saturated carbocycles. The number of methoxy groups -OCH3 is 1. The van der Waals surface area contributed by atoms with Gasteiger partial charge >= 0.3 is 6.09 Å². The lowest BCUT2D eigenvalue weighted by Gasteiger charge is -2.31. The number of rotatable bonds is 10. The molecule has 7 heteroatoms. The quantitative estimate of drug-likeness (QED) is 0.347. The lowest BCUT2D eigenvalue weighted by Crippen LogP contribution is -2.48. The number of aryl methyl sites for hydroxylation is 1. The van der Waals surface area contributed by atoms with E-state index in [-0.39, 0.29) is 18.6 Å². The number of nitrogens with one attached hydrogen (secondary N) is 1. The highest BCUT2D eigenvalue weighted by Gasteiger charge is 2.38. The van der Waals surface area contributed by atoms with Crippen molar-refractivity contribution in [3.8, 4) is 5.75 Å². The molecule has 0 unspecified atom stereocenters. The molecule has 0 aromatic heterocycles. The fraction of sp³-hybridized carbons (Fsp3) is 0.241. The first kappa shape index (κ1) is 25.4. The maximum atomic E-state index is 13.1. The number of ether oxygens (including phenoxy) is 2. The van der Waals surface area contributed by atoms with Crippen LogP contribution >= 0.6 is 11.8 Å². The van der Waals surface area contributed by atoms with Gasteiger partial charge in [0.2, 0.25) is 0 Å². The molecule has 0 fully saturated rings. The molecule has 36 heavy (non-hydrogen) atoms. The van der Waals surface area contributed by atoms with Gasteiger partial charge in [0, 0.05) is 16.7 Å². The molecule has 1 aliphatic heterocycles. The summed E-state index contributed by atoms with van der Waals surface area (Å²) in [7, 11) is 1.64. The molecule has 2 amide bonds. The number of benzene rings is 3. The van der Waals surface area contributed by atoms with Crippen molar-refractivity contribution in [1.82, 2.24) is 4.90 Å². The van der Waals surface area contributed by atoms with E-state index in [4.69, 9.17) is 9.47 Å².